The number of carbonyl (C=O) groups excluding carboxylic acids is 2. The number of aromatic nitrogens is 2. The second-order valence-electron chi connectivity index (χ2n) is 7.80. The molecule has 1 amide bonds. The number of nitrogens with one attached hydrogen (secondary N) is 2. The Balaban J connectivity index is 1.46. The minimum atomic E-state index is -0.442. The number of carbonyl (C=O) groups is 2. The van der Waals surface area contributed by atoms with Crippen LogP contribution in [-0.2, 0) is 9.53 Å². The summed E-state index contributed by atoms with van der Waals surface area (Å²) in [5.74, 6) is 0.663. The zero-order valence-corrected chi connectivity index (χ0v) is 16.3. The highest BCUT2D eigenvalue weighted by molar-refractivity contribution is 5.95. The van der Waals surface area contributed by atoms with Gasteiger partial charge in [0.15, 0.2) is 5.69 Å². The van der Waals surface area contributed by atoms with Crippen LogP contribution in [0.4, 0.5) is 5.69 Å². The van der Waals surface area contributed by atoms with E-state index in [0.29, 0.717) is 29.8 Å². The largest absolute Gasteiger partial charge is 0.461 e. The van der Waals surface area contributed by atoms with Gasteiger partial charge in [-0.3, -0.25) is 4.79 Å². The Kier molecular flexibility index (Phi) is 5.62. The van der Waals surface area contributed by atoms with E-state index in [0.717, 1.165) is 13.0 Å². The van der Waals surface area contributed by atoms with Gasteiger partial charge in [0.05, 0.1) is 18.3 Å². The standard InChI is InChI=1S/C21H28N4O3/c1-2-28-21(27)17-13-25-12-15(8-9-18(25)24-17)23-20(26)19-16(10-11-22-19)14-6-4-3-5-7-14/h8-9,12-14,16,19,22H,2-7,10-11H2,1H3,(H,23,26)/t16?,19-/m0/s1. The number of hydrogen-bond donors (Lipinski definition) is 2. The molecule has 1 saturated heterocycles. The van der Waals surface area contributed by atoms with E-state index in [1.165, 1.54) is 32.1 Å². The molecule has 7 nitrogen and oxygen atoms in total. The number of nitrogens with zero attached hydrogens (tertiary/aromatic N) is 2. The van der Waals surface area contributed by atoms with Gasteiger partial charge in [-0.25, -0.2) is 9.78 Å². The van der Waals surface area contributed by atoms with Crippen molar-refractivity contribution in [2.45, 2.75) is 51.5 Å². The first kappa shape index (κ1) is 18.9. The van der Waals surface area contributed by atoms with E-state index < -0.39 is 5.97 Å². The molecular weight excluding hydrogens is 356 g/mol. The molecule has 2 aliphatic rings. The van der Waals surface area contributed by atoms with Crippen LogP contribution in [0.2, 0.25) is 0 Å². The number of amides is 1. The van der Waals surface area contributed by atoms with Crippen molar-refractivity contribution in [3.8, 4) is 0 Å². The lowest BCUT2D eigenvalue weighted by Crippen LogP contribution is -2.42. The molecule has 2 N–H and O–H groups in total. The summed E-state index contributed by atoms with van der Waals surface area (Å²) in [6.45, 7) is 2.98. The molecule has 1 aliphatic heterocycles. The van der Waals surface area contributed by atoms with Crippen LogP contribution in [0.15, 0.2) is 24.5 Å². The number of anilines is 1. The number of imidazole rings is 1. The first-order valence-corrected chi connectivity index (χ1v) is 10.4. The fraction of sp³-hybridized carbons (Fsp3) is 0.571. The molecule has 0 bridgehead atoms. The van der Waals surface area contributed by atoms with Gasteiger partial charge in [-0.05, 0) is 43.9 Å². The van der Waals surface area contributed by atoms with Crippen LogP contribution in [0.5, 0.6) is 0 Å². The monoisotopic (exact) mass is 384 g/mol. The first-order valence-electron chi connectivity index (χ1n) is 10.4. The van der Waals surface area contributed by atoms with E-state index in [-0.39, 0.29) is 17.6 Å². The summed E-state index contributed by atoms with van der Waals surface area (Å²) in [4.78, 5) is 29.1. The Hall–Kier alpha value is -2.41. The quantitative estimate of drug-likeness (QED) is 0.774. The maximum absolute atomic E-state index is 12.9. The molecule has 2 aromatic heterocycles. The Morgan fingerprint density at radius 1 is 1.21 bits per heavy atom. The molecular formula is C21H28N4O3. The third-order valence-electron chi connectivity index (χ3n) is 6.01. The van der Waals surface area contributed by atoms with Crippen molar-refractivity contribution in [1.29, 1.82) is 0 Å². The van der Waals surface area contributed by atoms with Crippen molar-refractivity contribution in [1.82, 2.24) is 14.7 Å². The highest BCUT2D eigenvalue weighted by atomic mass is 16.5. The van der Waals surface area contributed by atoms with E-state index in [1.807, 2.05) is 6.07 Å². The highest BCUT2D eigenvalue weighted by Gasteiger charge is 2.38. The molecule has 2 fully saturated rings. The van der Waals surface area contributed by atoms with Crippen molar-refractivity contribution in [3.05, 3.63) is 30.2 Å². The zero-order chi connectivity index (χ0) is 19.5. The van der Waals surface area contributed by atoms with Gasteiger partial charge in [0.2, 0.25) is 5.91 Å². The summed E-state index contributed by atoms with van der Waals surface area (Å²) < 4.78 is 6.74. The van der Waals surface area contributed by atoms with E-state index in [2.05, 4.69) is 15.6 Å². The van der Waals surface area contributed by atoms with Gasteiger partial charge < -0.3 is 19.8 Å². The molecule has 2 atom stereocenters. The third kappa shape index (κ3) is 3.90. The molecule has 3 heterocycles. The van der Waals surface area contributed by atoms with Crippen molar-refractivity contribution in [2.75, 3.05) is 18.5 Å². The van der Waals surface area contributed by atoms with E-state index >= 15 is 0 Å². The second-order valence-corrected chi connectivity index (χ2v) is 7.80. The van der Waals surface area contributed by atoms with Gasteiger partial charge in [-0.2, -0.15) is 0 Å². The fourth-order valence-electron chi connectivity index (χ4n) is 4.67. The third-order valence-corrected chi connectivity index (χ3v) is 6.01. The number of esters is 1. The molecule has 4 rings (SSSR count). The lowest BCUT2D eigenvalue weighted by molar-refractivity contribution is -0.119. The summed E-state index contributed by atoms with van der Waals surface area (Å²) in [7, 11) is 0. The summed E-state index contributed by atoms with van der Waals surface area (Å²) in [5.41, 5.74) is 1.60. The van der Waals surface area contributed by atoms with Crippen LogP contribution >= 0.6 is 0 Å². The van der Waals surface area contributed by atoms with Gasteiger partial charge in [-0.1, -0.05) is 32.1 Å². The van der Waals surface area contributed by atoms with Gasteiger partial charge in [0.1, 0.15) is 5.65 Å². The molecule has 7 heteroatoms. The summed E-state index contributed by atoms with van der Waals surface area (Å²) in [6, 6.07) is 3.48. The molecule has 0 spiro atoms. The van der Waals surface area contributed by atoms with Crippen LogP contribution in [0.25, 0.3) is 5.65 Å². The lowest BCUT2D eigenvalue weighted by atomic mass is 9.76. The number of fused-ring (bicyclic) bond motifs is 1. The Labute approximate surface area is 164 Å². The fourth-order valence-corrected chi connectivity index (χ4v) is 4.67. The summed E-state index contributed by atoms with van der Waals surface area (Å²) >= 11 is 0. The van der Waals surface area contributed by atoms with Crippen molar-refractivity contribution >= 4 is 23.2 Å². The predicted molar refractivity (Wildman–Crippen MR) is 106 cm³/mol. The molecule has 28 heavy (non-hydrogen) atoms. The van der Waals surface area contributed by atoms with Crippen LogP contribution < -0.4 is 10.6 Å². The summed E-state index contributed by atoms with van der Waals surface area (Å²) in [5, 5.41) is 6.44. The maximum Gasteiger partial charge on any atom is 0.358 e. The average molecular weight is 384 g/mol. The number of pyridine rings is 1. The predicted octanol–water partition coefficient (Wildman–Crippen LogP) is 3.01. The Bertz CT molecular complexity index is 856. The van der Waals surface area contributed by atoms with Crippen molar-refractivity contribution < 1.29 is 14.3 Å². The number of ether oxygens (including phenoxy) is 1. The molecule has 0 radical (unpaired) electrons. The zero-order valence-electron chi connectivity index (χ0n) is 16.3. The number of rotatable bonds is 5. The lowest BCUT2D eigenvalue weighted by Gasteiger charge is -2.30. The minimum absolute atomic E-state index is 0.0261. The van der Waals surface area contributed by atoms with E-state index in [4.69, 9.17) is 4.74 Å². The molecule has 0 aromatic carbocycles. The normalized spacial score (nSPS) is 23.0. The second kappa shape index (κ2) is 8.31. The van der Waals surface area contributed by atoms with Crippen LogP contribution in [0.3, 0.4) is 0 Å². The molecule has 1 unspecified atom stereocenters. The Morgan fingerprint density at radius 3 is 2.82 bits per heavy atom. The summed E-state index contributed by atoms with van der Waals surface area (Å²) in [6.07, 6.45) is 10.9. The van der Waals surface area contributed by atoms with Crippen LogP contribution in [0.1, 0.15) is 55.9 Å². The van der Waals surface area contributed by atoms with E-state index in [1.54, 1.807) is 29.8 Å². The number of hydrogen-bond acceptors (Lipinski definition) is 5. The maximum atomic E-state index is 12.9. The SMILES string of the molecule is CCOC(=O)c1cn2cc(NC(=O)[C@H]3NCCC3C3CCCCC3)ccc2n1. The van der Waals surface area contributed by atoms with Gasteiger partial charge in [0, 0.05) is 12.4 Å². The highest BCUT2D eigenvalue weighted by Crippen LogP contribution is 2.36. The topological polar surface area (TPSA) is 84.7 Å². The van der Waals surface area contributed by atoms with Crippen LogP contribution in [-0.4, -0.2) is 40.5 Å². The minimum Gasteiger partial charge on any atom is -0.461 e. The molecule has 2 aromatic rings. The molecule has 150 valence electrons. The molecule has 1 aliphatic carbocycles. The first-order chi connectivity index (χ1) is 13.7. The van der Waals surface area contributed by atoms with Gasteiger partial charge in [0.25, 0.3) is 0 Å². The smallest absolute Gasteiger partial charge is 0.358 e. The van der Waals surface area contributed by atoms with Crippen molar-refractivity contribution in [2.24, 2.45) is 11.8 Å². The average Bonchev–Trinajstić information content (AvgIpc) is 3.36. The van der Waals surface area contributed by atoms with Crippen LogP contribution in [0, 0.1) is 11.8 Å². The van der Waals surface area contributed by atoms with Crippen molar-refractivity contribution in [3.63, 3.8) is 0 Å². The van der Waals surface area contributed by atoms with Gasteiger partial charge >= 0.3 is 5.97 Å². The Morgan fingerprint density at radius 2 is 2.04 bits per heavy atom. The van der Waals surface area contributed by atoms with E-state index in [9.17, 15) is 9.59 Å². The van der Waals surface area contributed by atoms with Gasteiger partial charge in [-0.15, -0.1) is 0 Å². The molecule has 1 saturated carbocycles.